The zero-order chi connectivity index (χ0) is 11.3. The average Bonchev–Trinajstić information content (AvgIpc) is 2.18. The van der Waals surface area contributed by atoms with E-state index >= 15 is 0 Å². The Labute approximate surface area is 90.9 Å². The van der Waals surface area contributed by atoms with Gasteiger partial charge in [-0.25, -0.2) is 0 Å². The van der Waals surface area contributed by atoms with Gasteiger partial charge in [-0.3, -0.25) is 0 Å². The number of ether oxygens (including phenoxy) is 1. The Morgan fingerprint density at radius 1 is 1.33 bits per heavy atom. The topological polar surface area (TPSA) is 55.5 Å². The molecule has 0 aliphatic rings. The van der Waals surface area contributed by atoms with Crippen molar-refractivity contribution in [1.82, 2.24) is 0 Å². The van der Waals surface area contributed by atoms with Crippen LogP contribution in [0, 0.1) is 0 Å². The number of para-hydroxylation sites is 1. The molecule has 0 unspecified atom stereocenters. The Morgan fingerprint density at radius 3 is 2.60 bits per heavy atom. The van der Waals surface area contributed by atoms with E-state index in [2.05, 4.69) is 0 Å². The van der Waals surface area contributed by atoms with Crippen molar-refractivity contribution in [3.63, 3.8) is 0 Å². The van der Waals surface area contributed by atoms with Crippen LogP contribution < -0.4 is 10.5 Å². The maximum Gasteiger partial charge on any atom is 0.124 e. The summed E-state index contributed by atoms with van der Waals surface area (Å²) in [5.41, 5.74) is 6.90. The molecule has 0 spiro atoms. The molecule has 0 heterocycles. The molecule has 0 aliphatic carbocycles. The highest BCUT2D eigenvalue weighted by Crippen LogP contribution is 2.26. The fraction of sp³-hybridized carbons (Fsp3) is 0.500. The van der Waals surface area contributed by atoms with Gasteiger partial charge in [0, 0.05) is 18.2 Å². The summed E-state index contributed by atoms with van der Waals surface area (Å²) < 4.78 is 5.65. The standard InChI is InChI=1S/C12H19NO2/c1-9(2)15-12-6-4-3-5-10(12)11(13)7-8-14/h3-6,9,11,14H,7-8,13H2,1-2H3/t11-/m0/s1. The van der Waals surface area contributed by atoms with Gasteiger partial charge in [-0.15, -0.1) is 0 Å². The van der Waals surface area contributed by atoms with Gasteiger partial charge in [0.05, 0.1) is 6.10 Å². The molecule has 0 saturated heterocycles. The van der Waals surface area contributed by atoms with Gasteiger partial charge in [0.2, 0.25) is 0 Å². The zero-order valence-corrected chi connectivity index (χ0v) is 9.31. The molecule has 0 aromatic heterocycles. The molecule has 0 amide bonds. The van der Waals surface area contributed by atoms with Crippen LogP contribution in [0.5, 0.6) is 5.75 Å². The van der Waals surface area contributed by atoms with Gasteiger partial charge in [0.1, 0.15) is 5.75 Å². The van der Waals surface area contributed by atoms with Crippen LogP contribution in [0.4, 0.5) is 0 Å². The normalized spacial score (nSPS) is 12.9. The molecule has 1 aromatic rings. The first kappa shape index (κ1) is 12.0. The van der Waals surface area contributed by atoms with Crippen LogP contribution in [0.1, 0.15) is 31.9 Å². The highest BCUT2D eigenvalue weighted by atomic mass is 16.5. The number of nitrogens with two attached hydrogens (primary N) is 1. The predicted octanol–water partition coefficient (Wildman–Crippen LogP) is 1.86. The number of hydrogen-bond acceptors (Lipinski definition) is 3. The summed E-state index contributed by atoms with van der Waals surface area (Å²) >= 11 is 0. The van der Waals surface area contributed by atoms with Gasteiger partial charge in [-0.2, -0.15) is 0 Å². The maximum absolute atomic E-state index is 8.85. The molecule has 3 heteroatoms. The van der Waals surface area contributed by atoms with E-state index in [1.54, 1.807) is 0 Å². The molecule has 0 aliphatic heterocycles. The van der Waals surface area contributed by atoms with Crippen molar-refractivity contribution in [2.24, 2.45) is 5.73 Å². The first-order valence-electron chi connectivity index (χ1n) is 5.27. The van der Waals surface area contributed by atoms with E-state index in [9.17, 15) is 0 Å². The van der Waals surface area contributed by atoms with Crippen LogP contribution in [0.25, 0.3) is 0 Å². The molecule has 1 aromatic carbocycles. The van der Waals surface area contributed by atoms with Gasteiger partial charge in [0.25, 0.3) is 0 Å². The van der Waals surface area contributed by atoms with Gasteiger partial charge in [-0.1, -0.05) is 18.2 Å². The van der Waals surface area contributed by atoms with E-state index in [0.717, 1.165) is 11.3 Å². The summed E-state index contributed by atoms with van der Waals surface area (Å²) in [5.74, 6) is 0.813. The lowest BCUT2D eigenvalue weighted by molar-refractivity contribution is 0.235. The van der Waals surface area contributed by atoms with Gasteiger partial charge in [0.15, 0.2) is 0 Å². The molecular weight excluding hydrogens is 190 g/mol. The monoisotopic (exact) mass is 209 g/mol. The van der Waals surface area contributed by atoms with Crippen molar-refractivity contribution in [3.8, 4) is 5.75 Å². The van der Waals surface area contributed by atoms with E-state index in [1.807, 2.05) is 38.1 Å². The molecule has 1 atom stereocenters. The smallest absolute Gasteiger partial charge is 0.124 e. The van der Waals surface area contributed by atoms with Crippen LogP contribution >= 0.6 is 0 Å². The maximum atomic E-state index is 8.85. The summed E-state index contributed by atoms with van der Waals surface area (Å²) in [7, 11) is 0. The molecule has 0 radical (unpaired) electrons. The van der Waals surface area contributed by atoms with E-state index in [-0.39, 0.29) is 18.8 Å². The predicted molar refractivity (Wildman–Crippen MR) is 60.8 cm³/mol. The Balaban J connectivity index is 2.85. The minimum absolute atomic E-state index is 0.0944. The molecule has 0 bridgehead atoms. The third kappa shape index (κ3) is 3.53. The third-order valence-electron chi connectivity index (χ3n) is 2.12. The van der Waals surface area contributed by atoms with Crippen molar-refractivity contribution < 1.29 is 9.84 Å². The Morgan fingerprint density at radius 2 is 2.00 bits per heavy atom. The molecule has 15 heavy (non-hydrogen) atoms. The van der Waals surface area contributed by atoms with Crippen LogP contribution in [0.15, 0.2) is 24.3 Å². The van der Waals surface area contributed by atoms with E-state index in [4.69, 9.17) is 15.6 Å². The van der Waals surface area contributed by atoms with Crippen LogP contribution in [-0.4, -0.2) is 17.8 Å². The molecule has 3 nitrogen and oxygen atoms in total. The lowest BCUT2D eigenvalue weighted by atomic mass is 10.0. The fourth-order valence-corrected chi connectivity index (χ4v) is 1.44. The summed E-state index contributed by atoms with van der Waals surface area (Å²) in [6.07, 6.45) is 0.686. The van der Waals surface area contributed by atoms with Crippen molar-refractivity contribution in [2.75, 3.05) is 6.61 Å². The SMILES string of the molecule is CC(C)Oc1ccccc1[C@@H](N)CCO. The largest absolute Gasteiger partial charge is 0.491 e. The summed E-state index contributed by atoms with van der Waals surface area (Å²) in [6.45, 7) is 4.06. The first-order chi connectivity index (χ1) is 7.15. The van der Waals surface area contributed by atoms with Gasteiger partial charge < -0.3 is 15.6 Å². The van der Waals surface area contributed by atoms with Crippen molar-refractivity contribution in [1.29, 1.82) is 0 Å². The summed E-state index contributed by atoms with van der Waals surface area (Å²) in [6, 6.07) is 7.54. The minimum Gasteiger partial charge on any atom is -0.491 e. The number of aliphatic hydroxyl groups excluding tert-OH is 1. The Hall–Kier alpha value is -1.06. The van der Waals surface area contributed by atoms with Crippen molar-refractivity contribution in [2.45, 2.75) is 32.4 Å². The molecule has 0 fully saturated rings. The number of hydrogen-bond donors (Lipinski definition) is 2. The molecule has 3 N–H and O–H groups in total. The second-order valence-electron chi connectivity index (χ2n) is 3.82. The minimum atomic E-state index is -0.162. The highest BCUT2D eigenvalue weighted by molar-refractivity contribution is 5.35. The Kier molecular flexibility index (Phi) is 4.59. The summed E-state index contributed by atoms with van der Waals surface area (Å²) in [5, 5.41) is 8.85. The fourth-order valence-electron chi connectivity index (χ4n) is 1.44. The second-order valence-corrected chi connectivity index (χ2v) is 3.82. The highest BCUT2D eigenvalue weighted by Gasteiger charge is 2.11. The lowest BCUT2D eigenvalue weighted by Crippen LogP contribution is -2.15. The Bertz CT molecular complexity index is 299. The van der Waals surface area contributed by atoms with Crippen molar-refractivity contribution >= 4 is 0 Å². The lowest BCUT2D eigenvalue weighted by Gasteiger charge is -2.17. The van der Waals surface area contributed by atoms with E-state index < -0.39 is 0 Å². The average molecular weight is 209 g/mol. The third-order valence-corrected chi connectivity index (χ3v) is 2.12. The number of aliphatic hydroxyl groups is 1. The van der Waals surface area contributed by atoms with Crippen LogP contribution in [-0.2, 0) is 0 Å². The van der Waals surface area contributed by atoms with E-state index in [0.29, 0.717) is 6.42 Å². The quantitative estimate of drug-likeness (QED) is 0.778. The molecule has 1 rings (SSSR count). The molecular formula is C12H19NO2. The number of benzene rings is 1. The molecule has 0 saturated carbocycles. The van der Waals surface area contributed by atoms with Crippen LogP contribution in [0.3, 0.4) is 0 Å². The van der Waals surface area contributed by atoms with Crippen LogP contribution in [0.2, 0.25) is 0 Å². The summed E-state index contributed by atoms with van der Waals surface area (Å²) in [4.78, 5) is 0. The van der Waals surface area contributed by atoms with Gasteiger partial charge >= 0.3 is 0 Å². The first-order valence-corrected chi connectivity index (χ1v) is 5.27. The molecule has 84 valence electrons. The second kappa shape index (κ2) is 5.73. The number of rotatable bonds is 5. The van der Waals surface area contributed by atoms with Gasteiger partial charge in [-0.05, 0) is 26.3 Å². The van der Waals surface area contributed by atoms with Crippen molar-refractivity contribution in [3.05, 3.63) is 29.8 Å². The zero-order valence-electron chi connectivity index (χ0n) is 9.31. The van der Waals surface area contributed by atoms with E-state index in [1.165, 1.54) is 0 Å².